The Hall–Kier alpha value is -2.59. The van der Waals surface area contributed by atoms with Gasteiger partial charge in [-0.2, -0.15) is 18.3 Å². The Balaban J connectivity index is 2.53. The summed E-state index contributed by atoms with van der Waals surface area (Å²) in [4.78, 5) is 11.9. The fourth-order valence-corrected chi connectivity index (χ4v) is 1.89. The molecule has 24 heavy (non-hydrogen) atoms. The molecule has 0 unspecified atom stereocenters. The summed E-state index contributed by atoms with van der Waals surface area (Å²) in [6.45, 7) is 1.42. The number of hydrogen-bond donors (Lipinski definition) is 1. The maximum absolute atomic E-state index is 13.7. The van der Waals surface area contributed by atoms with Gasteiger partial charge in [-0.15, -0.1) is 0 Å². The summed E-state index contributed by atoms with van der Waals surface area (Å²) >= 11 is 0. The maximum atomic E-state index is 13.7. The van der Waals surface area contributed by atoms with Gasteiger partial charge < -0.3 is 5.32 Å². The summed E-state index contributed by atoms with van der Waals surface area (Å²) < 4.78 is 93.0. The molecule has 1 N–H and O–H groups in total. The normalized spacial score (nSPS) is 11.7. The van der Waals surface area contributed by atoms with E-state index in [1.54, 1.807) is 0 Å². The van der Waals surface area contributed by atoms with Gasteiger partial charge in [0.05, 0.1) is 11.8 Å². The average Bonchev–Trinajstić information content (AvgIpc) is 2.80. The third-order valence-corrected chi connectivity index (χ3v) is 3.27. The summed E-state index contributed by atoms with van der Waals surface area (Å²) in [5.74, 6) is -11.2. The number of nitrogens with zero attached hydrogens (tertiary/aromatic N) is 2. The van der Waals surface area contributed by atoms with Crippen LogP contribution in [-0.4, -0.2) is 15.7 Å². The van der Waals surface area contributed by atoms with E-state index in [0.717, 1.165) is 6.20 Å². The first-order chi connectivity index (χ1) is 11.0. The number of amides is 1. The highest BCUT2D eigenvalue weighted by molar-refractivity contribution is 6.05. The number of halogens is 7. The fraction of sp³-hybridized carbons (Fsp3) is 0.231. The molecule has 0 radical (unpaired) electrons. The van der Waals surface area contributed by atoms with Crippen LogP contribution in [0.15, 0.2) is 6.20 Å². The summed E-state index contributed by atoms with van der Waals surface area (Å²) in [5, 5.41) is 5.20. The number of aryl methyl sites for hydroxylation is 1. The van der Waals surface area contributed by atoms with Crippen molar-refractivity contribution in [2.24, 2.45) is 7.05 Å². The first-order valence-corrected chi connectivity index (χ1v) is 6.19. The van der Waals surface area contributed by atoms with Crippen LogP contribution in [0.4, 0.5) is 36.4 Å². The van der Waals surface area contributed by atoms with E-state index in [-0.39, 0.29) is 11.3 Å². The second-order valence-corrected chi connectivity index (χ2v) is 4.73. The number of hydrogen-bond acceptors (Lipinski definition) is 2. The van der Waals surface area contributed by atoms with Gasteiger partial charge in [-0.25, -0.2) is 17.6 Å². The second kappa shape index (κ2) is 5.80. The lowest BCUT2D eigenvalue weighted by molar-refractivity contribution is -0.143. The topological polar surface area (TPSA) is 46.9 Å². The minimum absolute atomic E-state index is 0.183. The van der Waals surface area contributed by atoms with E-state index < -0.39 is 46.6 Å². The van der Waals surface area contributed by atoms with Crippen molar-refractivity contribution >= 4 is 11.6 Å². The van der Waals surface area contributed by atoms with Crippen LogP contribution in [-0.2, 0) is 13.2 Å². The SMILES string of the molecule is Cc1c(C(=O)Nc2c(F)c(F)c(C(F)(F)F)c(F)c2F)cnn1C. The number of alkyl halides is 3. The third-order valence-electron chi connectivity index (χ3n) is 3.27. The van der Waals surface area contributed by atoms with Gasteiger partial charge >= 0.3 is 6.18 Å². The van der Waals surface area contributed by atoms with E-state index in [1.165, 1.54) is 24.0 Å². The van der Waals surface area contributed by atoms with Crippen LogP contribution < -0.4 is 5.32 Å². The summed E-state index contributed by atoms with van der Waals surface area (Å²) in [6, 6.07) is 0. The van der Waals surface area contributed by atoms with Crippen LogP contribution in [0.1, 0.15) is 21.6 Å². The minimum Gasteiger partial charge on any atom is -0.317 e. The van der Waals surface area contributed by atoms with Crippen molar-refractivity contribution in [1.82, 2.24) is 9.78 Å². The first-order valence-electron chi connectivity index (χ1n) is 6.19. The minimum atomic E-state index is -5.65. The van der Waals surface area contributed by atoms with Crippen LogP contribution in [0.5, 0.6) is 0 Å². The summed E-state index contributed by atoms with van der Waals surface area (Å²) in [7, 11) is 1.45. The van der Waals surface area contributed by atoms with E-state index in [4.69, 9.17) is 0 Å². The van der Waals surface area contributed by atoms with E-state index >= 15 is 0 Å². The maximum Gasteiger partial charge on any atom is 0.422 e. The molecule has 4 nitrogen and oxygen atoms in total. The molecule has 1 aromatic carbocycles. The number of rotatable bonds is 2. The molecule has 0 bridgehead atoms. The Bertz CT molecular complexity index is 797. The van der Waals surface area contributed by atoms with Crippen molar-refractivity contribution < 1.29 is 35.5 Å². The summed E-state index contributed by atoms with van der Waals surface area (Å²) in [6.07, 6.45) is -4.64. The molecule has 1 amide bonds. The second-order valence-electron chi connectivity index (χ2n) is 4.73. The zero-order valence-electron chi connectivity index (χ0n) is 12.0. The van der Waals surface area contributed by atoms with Gasteiger partial charge in [0.15, 0.2) is 23.3 Å². The van der Waals surface area contributed by atoms with Crippen molar-refractivity contribution in [2.75, 3.05) is 5.32 Å². The monoisotopic (exact) mass is 355 g/mol. The van der Waals surface area contributed by atoms with Crippen molar-refractivity contribution in [3.05, 3.63) is 46.3 Å². The molecule has 0 atom stereocenters. The number of anilines is 1. The van der Waals surface area contributed by atoms with Gasteiger partial charge in [-0.05, 0) is 6.92 Å². The predicted octanol–water partition coefficient (Wildman–Crippen LogP) is 3.56. The van der Waals surface area contributed by atoms with Crippen molar-refractivity contribution in [2.45, 2.75) is 13.1 Å². The molecule has 0 aliphatic heterocycles. The molecular formula is C13H8F7N3O. The molecule has 0 saturated heterocycles. The van der Waals surface area contributed by atoms with Crippen LogP contribution in [0.3, 0.4) is 0 Å². The molecule has 2 rings (SSSR count). The number of benzene rings is 1. The van der Waals surface area contributed by atoms with E-state index in [2.05, 4.69) is 5.10 Å². The van der Waals surface area contributed by atoms with Crippen LogP contribution in [0, 0.1) is 30.2 Å². The van der Waals surface area contributed by atoms with E-state index in [9.17, 15) is 35.5 Å². The Morgan fingerprint density at radius 2 is 1.58 bits per heavy atom. The number of aromatic nitrogens is 2. The van der Waals surface area contributed by atoms with Gasteiger partial charge in [0, 0.05) is 12.7 Å². The number of carbonyl (C=O) groups is 1. The predicted molar refractivity (Wildman–Crippen MR) is 67.2 cm³/mol. The summed E-state index contributed by atoms with van der Waals surface area (Å²) in [5.41, 5.74) is -4.31. The first kappa shape index (κ1) is 17.8. The molecule has 0 saturated carbocycles. The molecule has 130 valence electrons. The molecule has 1 aromatic heterocycles. The highest BCUT2D eigenvalue weighted by atomic mass is 19.4. The standard InChI is InChI=1S/C13H8F7N3O/c1-4-5(3-21-23(4)2)12(24)22-11-9(16)7(14)6(13(18,19)20)8(15)10(11)17/h3H,1-2H3,(H,22,24). The zero-order valence-corrected chi connectivity index (χ0v) is 12.0. The quantitative estimate of drug-likeness (QED) is 0.662. The van der Waals surface area contributed by atoms with Gasteiger partial charge in [0.25, 0.3) is 5.91 Å². The molecule has 0 aliphatic carbocycles. The van der Waals surface area contributed by atoms with Gasteiger partial charge in [0.1, 0.15) is 11.3 Å². The highest BCUT2D eigenvalue weighted by Crippen LogP contribution is 2.38. The number of nitrogens with one attached hydrogen (secondary N) is 1. The van der Waals surface area contributed by atoms with E-state index in [1.807, 2.05) is 0 Å². The van der Waals surface area contributed by atoms with Crippen LogP contribution >= 0.6 is 0 Å². The Labute approximate surface area is 129 Å². The van der Waals surface area contributed by atoms with Gasteiger partial charge in [0.2, 0.25) is 0 Å². The lowest BCUT2D eigenvalue weighted by Crippen LogP contribution is -2.20. The van der Waals surface area contributed by atoms with Gasteiger partial charge in [-0.1, -0.05) is 0 Å². The van der Waals surface area contributed by atoms with Crippen molar-refractivity contribution in [1.29, 1.82) is 0 Å². The van der Waals surface area contributed by atoms with Crippen LogP contribution in [0.2, 0.25) is 0 Å². The Morgan fingerprint density at radius 1 is 1.08 bits per heavy atom. The Kier molecular flexibility index (Phi) is 4.29. The molecule has 2 aromatic rings. The lowest BCUT2D eigenvalue weighted by atomic mass is 10.1. The third kappa shape index (κ3) is 2.81. The lowest BCUT2D eigenvalue weighted by Gasteiger charge is -2.14. The van der Waals surface area contributed by atoms with Crippen LogP contribution in [0.25, 0.3) is 0 Å². The highest BCUT2D eigenvalue weighted by Gasteiger charge is 2.42. The van der Waals surface area contributed by atoms with Gasteiger partial charge in [-0.3, -0.25) is 9.48 Å². The average molecular weight is 355 g/mol. The van der Waals surface area contributed by atoms with Crippen molar-refractivity contribution in [3.8, 4) is 0 Å². The molecule has 11 heteroatoms. The molecule has 0 spiro atoms. The molecular weight excluding hydrogens is 347 g/mol. The molecule has 0 fully saturated rings. The smallest absolute Gasteiger partial charge is 0.317 e. The Morgan fingerprint density at radius 3 is 1.96 bits per heavy atom. The number of carbonyl (C=O) groups excluding carboxylic acids is 1. The fourth-order valence-electron chi connectivity index (χ4n) is 1.89. The van der Waals surface area contributed by atoms with E-state index in [0.29, 0.717) is 0 Å². The zero-order chi connectivity index (χ0) is 18.4. The molecule has 1 heterocycles. The molecule has 0 aliphatic rings. The van der Waals surface area contributed by atoms with Crippen molar-refractivity contribution in [3.63, 3.8) is 0 Å². The largest absolute Gasteiger partial charge is 0.422 e.